The summed E-state index contributed by atoms with van der Waals surface area (Å²) >= 11 is 0. The van der Waals surface area contributed by atoms with Gasteiger partial charge < -0.3 is 4.74 Å². The van der Waals surface area contributed by atoms with E-state index in [0.717, 1.165) is 16.8 Å². The summed E-state index contributed by atoms with van der Waals surface area (Å²) in [5.41, 5.74) is 2.82. The van der Waals surface area contributed by atoms with Crippen LogP contribution in [0, 0.1) is 13.8 Å². The highest BCUT2D eigenvalue weighted by Gasteiger charge is 2.30. The summed E-state index contributed by atoms with van der Waals surface area (Å²) in [6, 6.07) is 1.96. The van der Waals surface area contributed by atoms with Crippen molar-refractivity contribution in [2.24, 2.45) is 0 Å². The molecule has 18 heavy (non-hydrogen) atoms. The number of Topliss-reactive ketones (excluding diaryl/α,β-unsaturated/α-hetero) is 2. The third-order valence-electron chi connectivity index (χ3n) is 3.30. The standard InChI is InChI=1S/C14H17NO3/c1-8-4-9(2)15-14(18-3)13(8)10-5-11(16)7-12(17)6-10/h4,10H,5-7H2,1-3H3. The molecule has 96 valence electrons. The van der Waals surface area contributed by atoms with Gasteiger partial charge >= 0.3 is 0 Å². The lowest BCUT2D eigenvalue weighted by Crippen LogP contribution is -2.22. The summed E-state index contributed by atoms with van der Waals surface area (Å²) in [7, 11) is 1.57. The van der Waals surface area contributed by atoms with Gasteiger partial charge in [-0.05, 0) is 25.5 Å². The highest BCUT2D eigenvalue weighted by atomic mass is 16.5. The normalized spacial score (nSPS) is 17.1. The first-order chi connectivity index (χ1) is 8.51. The molecule has 0 spiro atoms. The number of methoxy groups -OCH3 is 1. The van der Waals surface area contributed by atoms with Crippen LogP contribution >= 0.6 is 0 Å². The average Bonchev–Trinajstić information content (AvgIpc) is 2.26. The molecule has 1 aliphatic carbocycles. The lowest BCUT2D eigenvalue weighted by molar-refractivity contribution is -0.130. The molecule has 0 aromatic carbocycles. The number of ether oxygens (including phenoxy) is 1. The van der Waals surface area contributed by atoms with Crippen LogP contribution in [0.2, 0.25) is 0 Å². The molecule has 1 aromatic rings. The molecule has 0 aliphatic heterocycles. The number of carbonyl (C=O) groups is 2. The van der Waals surface area contributed by atoms with Crippen LogP contribution in [-0.2, 0) is 9.59 Å². The predicted octanol–water partition coefficient (Wildman–Crippen LogP) is 2.11. The number of carbonyl (C=O) groups excluding carboxylic acids is 2. The van der Waals surface area contributed by atoms with E-state index in [9.17, 15) is 9.59 Å². The Kier molecular flexibility index (Phi) is 3.45. The minimum absolute atomic E-state index is 0.0123. The maximum absolute atomic E-state index is 11.6. The highest BCUT2D eigenvalue weighted by Crippen LogP contribution is 2.36. The van der Waals surface area contributed by atoms with E-state index in [1.165, 1.54) is 0 Å². The summed E-state index contributed by atoms with van der Waals surface area (Å²) in [6.45, 7) is 3.87. The maximum Gasteiger partial charge on any atom is 0.217 e. The Hall–Kier alpha value is -1.71. The van der Waals surface area contributed by atoms with E-state index in [1.807, 2.05) is 19.9 Å². The lowest BCUT2D eigenvalue weighted by atomic mass is 9.81. The first-order valence-corrected chi connectivity index (χ1v) is 6.06. The Morgan fingerprint density at radius 2 is 1.83 bits per heavy atom. The van der Waals surface area contributed by atoms with Gasteiger partial charge in [-0.3, -0.25) is 9.59 Å². The molecule has 0 bridgehead atoms. The van der Waals surface area contributed by atoms with Gasteiger partial charge in [0.2, 0.25) is 5.88 Å². The minimum atomic E-state index is -0.0817. The van der Waals surface area contributed by atoms with Gasteiger partial charge in [0.05, 0.1) is 13.5 Å². The van der Waals surface area contributed by atoms with Crippen molar-refractivity contribution >= 4 is 11.6 Å². The van der Waals surface area contributed by atoms with E-state index < -0.39 is 0 Å². The average molecular weight is 247 g/mol. The van der Waals surface area contributed by atoms with E-state index >= 15 is 0 Å². The van der Waals surface area contributed by atoms with E-state index in [-0.39, 0.29) is 23.9 Å². The Labute approximate surface area is 106 Å². The number of ketones is 2. The van der Waals surface area contributed by atoms with Crippen LogP contribution in [0.15, 0.2) is 6.07 Å². The molecule has 1 aromatic heterocycles. The topological polar surface area (TPSA) is 56.3 Å². The van der Waals surface area contributed by atoms with Gasteiger partial charge in [0.25, 0.3) is 0 Å². The fraction of sp³-hybridized carbons (Fsp3) is 0.500. The van der Waals surface area contributed by atoms with Crippen LogP contribution in [0.1, 0.15) is 42.0 Å². The summed E-state index contributed by atoms with van der Waals surface area (Å²) in [5.74, 6) is 0.485. The summed E-state index contributed by atoms with van der Waals surface area (Å²) in [4.78, 5) is 27.4. The second kappa shape index (κ2) is 4.88. The molecular weight excluding hydrogens is 230 g/mol. The molecular formula is C14H17NO3. The summed E-state index contributed by atoms with van der Waals surface area (Å²) < 4.78 is 5.30. The third-order valence-corrected chi connectivity index (χ3v) is 3.30. The molecule has 1 fully saturated rings. The van der Waals surface area contributed by atoms with Crippen LogP contribution < -0.4 is 4.74 Å². The smallest absolute Gasteiger partial charge is 0.217 e. The minimum Gasteiger partial charge on any atom is -0.481 e. The van der Waals surface area contributed by atoms with Gasteiger partial charge in [-0.15, -0.1) is 0 Å². The van der Waals surface area contributed by atoms with Gasteiger partial charge in [0.1, 0.15) is 11.6 Å². The van der Waals surface area contributed by atoms with Crippen LogP contribution in [0.25, 0.3) is 0 Å². The van der Waals surface area contributed by atoms with Gasteiger partial charge in [0.15, 0.2) is 0 Å². The van der Waals surface area contributed by atoms with Gasteiger partial charge in [0, 0.05) is 30.0 Å². The number of hydrogen-bond donors (Lipinski definition) is 0. The fourth-order valence-corrected chi connectivity index (χ4v) is 2.65. The Balaban J connectivity index is 2.43. The van der Waals surface area contributed by atoms with Crippen molar-refractivity contribution in [2.45, 2.75) is 39.0 Å². The second-order valence-corrected chi connectivity index (χ2v) is 4.86. The summed E-state index contributed by atoms with van der Waals surface area (Å²) in [6.07, 6.45) is 0.901. The first-order valence-electron chi connectivity index (χ1n) is 6.06. The second-order valence-electron chi connectivity index (χ2n) is 4.86. The number of rotatable bonds is 2. The molecule has 0 N–H and O–H groups in total. The number of aromatic nitrogens is 1. The number of pyridine rings is 1. The van der Waals surface area contributed by atoms with Crippen molar-refractivity contribution in [2.75, 3.05) is 7.11 Å². The number of hydrogen-bond acceptors (Lipinski definition) is 4. The molecule has 0 unspecified atom stereocenters. The SMILES string of the molecule is COc1nc(C)cc(C)c1C1CC(=O)CC(=O)C1. The third kappa shape index (κ3) is 2.42. The Morgan fingerprint density at radius 3 is 2.39 bits per heavy atom. The Bertz CT molecular complexity index is 492. The molecule has 1 aliphatic rings. The van der Waals surface area contributed by atoms with E-state index in [2.05, 4.69) is 4.98 Å². The lowest BCUT2D eigenvalue weighted by Gasteiger charge is -2.23. The molecule has 0 atom stereocenters. The van der Waals surface area contributed by atoms with Crippen LogP contribution in [-0.4, -0.2) is 23.7 Å². The van der Waals surface area contributed by atoms with Gasteiger partial charge in [-0.25, -0.2) is 4.98 Å². The van der Waals surface area contributed by atoms with Gasteiger partial charge in [-0.1, -0.05) is 0 Å². The predicted molar refractivity (Wildman–Crippen MR) is 66.9 cm³/mol. The van der Waals surface area contributed by atoms with E-state index in [0.29, 0.717) is 18.7 Å². The largest absolute Gasteiger partial charge is 0.481 e. The molecule has 0 saturated heterocycles. The van der Waals surface area contributed by atoms with E-state index in [1.54, 1.807) is 7.11 Å². The first kappa shape index (κ1) is 12.7. The fourth-order valence-electron chi connectivity index (χ4n) is 2.65. The van der Waals surface area contributed by atoms with Crippen LogP contribution in [0.4, 0.5) is 0 Å². The molecule has 4 nitrogen and oxygen atoms in total. The molecule has 1 heterocycles. The van der Waals surface area contributed by atoms with Gasteiger partial charge in [-0.2, -0.15) is 0 Å². The maximum atomic E-state index is 11.6. The van der Waals surface area contributed by atoms with E-state index in [4.69, 9.17) is 4.74 Å². The highest BCUT2D eigenvalue weighted by molar-refractivity contribution is 6.02. The number of aryl methyl sites for hydroxylation is 2. The van der Waals surface area contributed by atoms with Crippen molar-refractivity contribution in [3.05, 3.63) is 22.9 Å². The van der Waals surface area contributed by atoms with Crippen molar-refractivity contribution in [3.8, 4) is 5.88 Å². The quantitative estimate of drug-likeness (QED) is 0.751. The monoisotopic (exact) mass is 247 g/mol. The molecule has 0 radical (unpaired) electrons. The summed E-state index contributed by atoms with van der Waals surface area (Å²) in [5, 5.41) is 0. The van der Waals surface area contributed by atoms with Crippen molar-refractivity contribution in [3.63, 3.8) is 0 Å². The van der Waals surface area contributed by atoms with Crippen LogP contribution in [0.5, 0.6) is 5.88 Å². The van der Waals surface area contributed by atoms with Crippen molar-refractivity contribution in [1.29, 1.82) is 0 Å². The molecule has 1 saturated carbocycles. The van der Waals surface area contributed by atoms with Crippen molar-refractivity contribution in [1.82, 2.24) is 4.98 Å². The zero-order valence-corrected chi connectivity index (χ0v) is 10.9. The van der Waals surface area contributed by atoms with Crippen molar-refractivity contribution < 1.29 is 14.3 Å². The zero-order valence-electron chi connectivity index (χ0n) is 10.9. The molecule has 4 heteroatoms. The van der Waals surface area contributed by atoms with Crippen LogP contribution in [0.3, 0.4) is 0 Å². The number of nitrogens with zero attached hydrogens (tertiary/aromatic N) is 1. The Morgan fingerprint density at radius 1 is 1.22 bits per heavy atom. The molecule has 0 amide bonds. The zero-order chi connectivity index (χ0) is 13.3. The molecule has 2 rings (SSSR count).